The van der Waals surface area contributed by atoms with E-state index in [1.807, 2.05) is 37.3 Å². The number of anilines is 1. The number of nitrogens with zero attached hydrogens (tertiary/aromatic N) is 2. The van der Waals surface area contributed by atoms with Gasteiger partial charge in [-0.05, 0) is 73.4 Å². The highest BCUT2D eigenvalue weighted by molar-refractivity contribution is 7.92. The van der Waals surface area contributed by atoms with E-state index in [2.05, 4.69) is 5.32 Å². The second-order valence-electron chi connectivity index (χ2n) is 12.3. The number of carbonyl (C=O) groups excluding carboxylic acids is 2. The number of amides is 2. The lowest BCUT2D eigenvalue weighted by molar-refractivity contribution is -0.140. The second kappa shape index (κ2) is 16.6. The quantitative estimate of drug-likeness (QED) is 0.156. The number of hydrogen-bond acceptors (Lipinski definition) is 4. The van der Waals surface area contributed by atoms with Crippen LogP contribution in [-0.2, 0) is 32.6 Å². The molecule has 4 aromatic rings. The van der Waals surface area contributed by atoms with Gasteiger partial charge in [0.1, 0.15) is 12.6 Å². The zero-order valence-corrected chi connectivity index (χ0v) is 30.8. The third-order valence-electron chi connectivity index (χ3n) is 8.58. The van der Waals surface area contributed by atoms with Crippen LogP contribution in [0.2, 0.25) is 20.1 Å². The molecule has 49 heavy (non-hydrogen) atoms. The SMILES string of the molecule is Cc1ccc(S(=O)(=O)N(CC(=O)N(Cc2ccc(Cl)c(Cl)c2)[C@@H](Cc2ccccc2)C(=O)NC2CCCCC2)c2cc(Cl)cc(Cl)c2)cc1. The van der Waals surface area contributed by atoms with Crippen molar-refractivity contribution in [2.24, 2.45) is 0 Å². The molecule has 1 aliphatic rings. The highest BCUT2D eigenvalue weighted by atomic mass is 35.5. The molecular formula is C37H37Cl4N3O4S. The van der Waals surface area contributed by atoms with E-state index >= 15 is 0 Å². The van der Waals surface area contributed by atoms with Gasteiger partial charge in [0, 0.05) is 29.1 Å². The van der Waals surface area contributed by atoms with Crippen molar-refractivity contribution in [1.82, 2.24) is 10.2 Å². The normalized spacial score (nSPS) is 14.2. The third kappa shape index (κ3) is 9.71. The fourth-order valence-corrected chi connectivity index (χ4v) is 8.22. The summed E-state index contributed by atoms with van der Waals surface area (Å²) in [5.74, 6) is -0.930. The number of nitrogens with one attached hydrogen (secondary N) is 1. The Labute approximate surface area is 308 Å². The van der Waals surface area contributed by atoms with Crippen molar-refractivity contribution >= 4 is 73.9 Å². The predicted octanol–water partition coefficient (Wildman–Crippen LogP) is 8.89. The van der Waals surface area contributed by atoms with Gasteiger partial charge in [-0.25, -0.2) is 8.42 Å². The van der Waals surface area contributed by atoms with Gasteiger partial charge in [0.05, 0.1) is 20.6 Å². The third-order valence-corrected chi connectivity index (χ3v) is 11.5. The maximum Gasteiger partial charge on any atom is 0.264 e. The Kier molecular flexibility index (Phi) is 12.6. The van der Waals surface area contributed by atoms with Gasteiger partial charge in [-0.15, -0.1) is 0 Å². The fourth-order valence-electron chi connectivity index (χ4n) is 5.98. The molecule has 0 aromatic heterocycles. The maximum absolute atomic E-state index is 14.7. The molecule has 1 fully saturated rings. The molecule has 1 N–H and O–H groups in total. The lowest BCUT2D eigenvalue weighted by atomic mass is 9.94. The molecule has 7 nitrogen and oxygen atoms in total. The van der Waals surface area contributed by atoms with Crippen LogP contribution in [0, 0.1) is 6.92 Å². The minimum absolute atomic E-state index is 0.0195. The Morgan fingerprint density at radius 1 is 0.796 bits per heavy atom. The highest BCUT2D eigenvalue weighted by Crippen LogP contribution is 2.31. The van der Waals surface area contributed by atoms with Gasteiger partial charge >= 0.3 is 0 Å². The molecule has 0 aliphatic heterocycles. The van der Waals surface area contributed by atoms with Crippen molar-refractivity contribution < 1.29 is 18.0 Å². The van der Waals surface area contributed by atoms with Crippen molar-refractivity contribution in [2.75, 3.05) is 10.8 Å². The zero-order chi connectivity index (χ0) is 35.1. The van der Waals surface area contributed by atoms with Crippen LogP contribution >= 0.6 is 46.4 Å². The first-order valence-electron chi connectivity index (χ1n) is 16.0. The topological polar surface area (TPSA) is 86.8 Å². The molecule has 0 saturated heterocycles. The Bertz CT molecular complexity index is 1870. The van der Waals surface area contributed by atoms with E-state index in [9.17, 15) is 18.0 Å². The molecule has 4 aromatic carbocycles. The number of carbonyl (C=O) groups is 2. The molecule has 1 atom stereocenters. The minimum Gasteiger partial charge on any atom is -0.352 e. The van der Waals surface area contributed by atoms with Crippen LogP contribution in [0.5, 0.6) is 0 Å². The van der Waals surface area contributed by atoms with Crippen LogP contribution in [0.3, 0.4) is 0 Å². The minimum atomic E-state index is -4.32. The summed E-state index contributed by atoms with van der Waals surface area (Å²) >= 11 is 25.3. The average Bonchev–Trinajstić information content (AvgIpc) is 3.07. The molecule has 2 amide bonds. The number of halogens is 4. The van der Waals surface area contributed by atoms with E-state index in [0.717, 1.165) is 47.5 Å². The largest absolute Gasteiger partial charge is 0.352 e. The van der Waals surface area contributed by atoms with E-state index in [1.165, 1.54) is 35.2 Å². The van der Waals surface area contributed by atoms with Gasteiger partial charge in [-0.2, -0.15) is 0 Å². The van der Waals surface area contributed by atoms with Crippen LogP contribution in [0.4, 0.5) is 5.69 Å². The number of rotatable bonds is 12. The van der Waals surface area contributed by atoms with Crippen molar-refractivity contribution in [3.63, 3.8) is 0 Å². The van der Waals surface area contributed by atoms with Crippen molar-refractivity contribution in [1.29, 1.82) is 0 Å². The number of hydrogen-bond donors (Lipinski definition) is 1. The van der Waals surface area contributed by atoms with Crippen LogP contribution in [0.25, 0.3) is 0 Å². The molecule has 0 heterocycles. The Morgan fingerprint density at radius 3 is 2.08 bits per heavy atom. The van der Waals surface area contributed by atoms with Gasteiger partial charge in [0.15, 0.2) is 0 Å². The average molecular weight is 762 g/mol. The fraction of sp³-hybridized carbons (Fsp3) is 0.297. The zero-order valence-electron chi connectivity index (χ0n) is 26.9. The predicted molar refractivity (Wildman–Crippen MR) is 198 cm³/mol. The summed E-state index contributed by atoms with van der Waals surface area (Å²) in [5, 5.41) is 4.21. The molecule has 12 heteroatoms. The van der Waals surface area contributed by atoms with E-state index in [1.54, 1.807) is 30.3 Å². The lowest BCUT2D eigenvalue weighted by Crippen LogP contribution is -2.55. The second-order valence-corrected chi connectivity index (χ2v) is 15.8. The van der Waals surface area contributed by atoms with E-state index in [4.69, 9.17) is 46.4 Å². The Morgan fingerprint density at radius 2 is 1.45 bits per heavy atom. The number of benzene rings is 4. The van der Waals surface area contributed by atoms with Crippen molar-refractivity contribution in [2.45, 2.75) is 69.0 Å². The van der Waals surface area contributed by atoms with Crippen LogP contribution in [-0.4, -0.2) is 43.8 Å². The van der Waals surface area contributed by atoms with Gasteiger partial charge in [-0.1, -0.05) is 120 Å². The van der Waals surface area contributed by atoms with E-state index < -0.39 is 28.5 Å². The smallest absolute Gasteiger partial charge is 0.264 e. The highest BCUT2D eigenvalue weighted by Gasteiger charge is 2.35. The van der Waals surface area contributed by atoms with Crippen LogP contribution in [0.15, 0.2) is 95.9 Å². The first-order valence-corrected chi connectivity index (χ1v) is 19.0. The standard InChI is InChI=1S/C37H37Cl4N3O4S/c1-25-12-15-32(16-13-25)49(47,48)44(31-21-28(38)20-29(39)22-31)24-36(45)43(23-27-14-17-33(40)34(41)18-27)35(19-26-8-4-2-5-9-26)37(46)42-30-10-6-3-7-11-30/h2,4-5,8-9,12-18,20-22,30,35H,3,6-7,10-11,19,23-24H2,1H3,(H,42,46)/t35-/m0/s1. The molecule has 0 unspecified atom stereocenters. The van der Waals surface area contributed by atoms with Crippen molar-refractivity contribution in [3.05, 3.63) is 128 Å². The molecule has 1 aliphatic carbocycles. The lowest BCUT2D eigenvalue weighted by Gasteiger charge is -2.35. The van der Waals surface area contributed by atoms with Gasteiger partial charge < -0.3 is 10.2 Å². The Hall–Kier alpha value is -3.27. The summed E-state index contributed by atoms with van der Waals surface area (Å²) in [6, 6.07) is 24.1. The molecule has 1 saturated carbocycles. The summed E-state index contributed by atoms with van der Waals surface area (Å²) in [4.78, 5) is 30.4. The van der Waals surface area contributed by atoms with E-state index in [-0.39, 0.29) is 50.6 Å². The first-order chi connectivity index (χ1) is 23.4. The van der Waals surface area contributed by atoms with E-state index in [0.29, 0.717) is 10.6 Å². The molecule has 5 rings (SSSR count). The molecule has 0 spiro atoms. The summed E-state index contributed by atoms with van der Waals surface area (Å²) in [6.45, 7) is 1.16. The molecule has 258 valence electrons. The summed E-state index contributed by atoms with van der Waals surface area (Å²) in [5.41, 5.74) is 2.43. The Balaban J connectivity index is 1.59. The summed E-state index contributed by atoms with van der Waals surface area (Å²) in [6.07, 6.45) is 5.02. The maximum atomic E-state index is 14.7. The van der Waals surface area contributed by atoms with Crippen molar-refractivity contribution in [3.8, 4) is 0 Å². The summed E-state index contributed by atoms with van der Waals surface area (Å²) < 4.78 is 29.5. The summed E-state index contributed by atoms with van der Waals surface area (Å²) in [7, 11) is -4.32. The number of aryl methyl sites for hydroxylation is 1. The molecule has 0 bridgehead atoms. The molecular weight excluding hydrogens is 724 g/mol. The monoisotopic (exact) mass is 759 g/mol. The van der Waals surface area contributed by atoms with Gasteiger partial charge in [0.25, 0.3) is 10.0 Å². The van der Waals surface area contributed by atoms with Crippen LogP contribution < -0.4 is 9.62 Å². The van der Waals surface area contributed by atoms with Gasteiger partial charge in [-0.3, -0.25) is 13.9 Å². The van der Waals surface area contributed by atoms with Gasteiger partial charge in [0.2, 0.25) is 11.8 Å². The molecule has 0 radical (unpaired) electrons. The number of sulfonamides is 1. The van der Waals surface area contributed by atoms with Crippen LogP contribution in [0.1, 0.15) is 48.8 Å². The first kappa shape index (κ1) is 37.0.